The van der Waals surface area contributed by atoms with Gasteiger partial charge in [0.15, 0.2) is 0 Å². The monoisotopic (exact) mass is 1640 g/mol. The van der Waals surface area contributed by atoms with Crippen molar-refractivity contribution in [2.24, 2.45) is 0 Å². The summed E-state index contributed by atoms with van der Waals surface area (Å²) in [5, 5.41) is 24.6. The zero-order valence-electron chi connectivity index (χ0n) is 71.6. The summed E-state index contributed by atoms with van der Waals surface area (Å²) in [5.41, 5.74) is 23.0. The minimum Gasteiger partial charge on any atom is -0.338 e. The molecule has 9 heterocycles. The maximum Gasteiger partial charge on any atom is 0.0677 e. The van der Waals surface area contributed by atoms with E-state index < -0.39 is 0 Å². The first-order chi connectivity index (χ1) is 59.9. The highest BCUT2D eigenvalue weighted by atomic mass is 32.1. The Morgan fingerprint density at radius 2 is 0.634 bits per heavy atom. The second-order valence-electron chi connectivity index (χ2n) is 36.2. The third-order valence-corrected chi connectivity index (χ3v) is 29.1. The van der Waals surface area contributed by atoms with E-state index in [-0.39, 0.29) is 11.1 Å². The molecule has 26 rings (SSSR count). The average molecular weight is 1650 g/mol. The van der Waals surface area contributed by atoms with E-state index >= 15 is 0 Å². The Hall–Kier alpha value is -13.0. The van der Waals surface area contributed by atoms with Crippen molar-refractivity contribution < 1.29 is 0 Å². The van der Waals surface area contributed by atoms with Crippen LogP contribution >= 0.6 is 34.0 Å². The fourth-order valence-corrected chi connectivity index (χ4v) is 24.5. The number of fused-ring (bicyclic) bond motifs is 35. The van der Waals surface area contributed by atoms with Crippen LogP contribution in [0.2, 0.25) is 0 Å². The molecular weight excluding hydrogens is 1550 g/mol. The number of aromatic nitrogens is 6. The lowest BCUT2D eigenvalue weighted by Crippen LogP contribution is -2.21. The highest BCUT2D eigenvalue weighted by Crippen LogP contribution is 2.51. The molecule has 0 saturated heterocycles. The first-order valence-electron chi connectivity index (χ1n) is 43.5. The summed E-state index contributed by atoms with van der Waals surface area (Å²) in [6.07, 6.45) is 1.06. The molecule has 123 heavy (non-hydrogen) atoms. The van der Waals surface area contributed by atoms with Crippen molar-refractivity contribution in [3.8, 4) is 16.8 Å². The van der Waals surface area contributed by atoms with Gasteiger partial charge in [-0.05, 0) is 203 Å². The molecule has 0 bridgehead atoms. The molecule has 1 aliphatic rings. The normalized spacial score (nSPS) is 12.6. The number of para-hydroxylation sites is 7. The molecule has 0 spiro atoms. The maximum atomic E-state index is 2.52. The van der Waals surface area contributed by atoms with Crippen LogP contribution in [-0.2, 0) is 17.5 Å². The molecule has 0 atom stereocenters. The van der Waals surface area contributed by atoms with Gasteiger partial charge in [-0.2, -0.15) is 0 Å². The lowest BCUT2D eigenvalue weighted by molar-refractivity contribution is 0.423. The number of rotatable bonds is 4. The molecule has 9 aromatic heterocycles. The first kappa shape index (κ1) is 76.1. The molecule has 0 unspecified atom stereocenters. The Kier molecular flexibility index (Phi) is 18.2. The zero-order valence-corrected chi connectivity index (χ0v) is 74.1. The Morgan fingerprint density at radius 1 is 0.236 bits per heavy atom. The molecular formula is C114H96N6S3. The van der Waals surface area contributed by atoms with Gasteiger partial charge in [0.25, 0.3) is 0 Å². The van der Waals surface area contributed by atoms with E-state index in [4.69, 9.17) is 0 Å². The van der Waals surface area contributed by atoms with Crippen LogP contribution in [0.5, 0.6) is 0 Å². The van der Waals surface area contributed by atoms with Crippen molar-refractivity contribution in [3.05, 3.63) is 345 Å². The first-order valence-corrected chi connectivity index (χ1v) is 46.0. The predicted molar refractivity (Wildman–Crippen MR) is 540 cm³/mol. The molecule has 0 amide bonds. The van der Waals surface area contributed by atoms with E-state index in [0.717, 1.165) is 6.42 Å². The summed E-state index contributed by atoms with van der Waals surface area (Å²) in [6, 6.07) is 123. The Labute approximate surface area is 727 Å². The highest BCUT2D eigenvalue weighted by molar-refractivity contribution is 7.27. The SMILES string of the molecule is CC(C)(C)n1c2ccccc2c2c3sc4ccccc4c3ccc21.CC(C)(C)n1c2ccccc2c2ccc3c4ccccc4sc3c21.CC(C)n1c2ccccc2c2c3c(ccc21)Cc1ccccc1-3.CC(C)n1c2ccccc2c2ccc3c(c4ccccc4n3-c3ccccc3)c21.CC(C)n1c2ccccc2c2ccc3sc4ccccc4c3c21. The molecule has 16 aromatic carbocycles. The van der Waals surface area contributed by atoms with Gasteiger partial charge < -0.3 is 27.4 Å². The molecule has 600 valence electrons. The molecule has 0 radical (unpaired) electrons. The lowest BCUT2D eigenvalue weighted by Gasteiger charge is -2.24. The average Bonchev–Trinajstić information content (AvgIpc) is 1.56. The quantitative estimate of drug-likeness (QED) is 0.168. The van der Waals surface area contributed by atoms with Crippen LogP contribution in [0.25, 0.3) is 208 Å². The van der Waals surface area contributed by atoms with Crippen LogP contribution in [0.1, 0.15) is 112 Å². The largest absolute Gasteiger partial charge is 0.338 e. The standard InChI is InChI=1S/C27H22N2.2C22H19NS.C22H19N.C21H17NS/c1-18(2)28-23-14-8-6-12-20(23)21-16-17-25-26(27(21)28)22-13-7-9-15-24(22)29(25)19-10-4-3-5-11-19;1-22(2,3)23-17-10-6-4-9-16(17)20-18(23)13-12-15-14-8-5-7-11-19(14)24-21(15)20;1-22(2,3)23-18-10-6-4-8-14(18)16-12-13-17-15-9-5-7-11-19(15)24-21(17)20(16)23;1-14(2)23-19-10-6-5-9-18(19)22-20(23)12-11-16-13-15-7-3-4-8-17(15)21(16)22;1-13(2)22-17-9-5-3-7-14(17)15-11-12-19-20(21(15)22)16-8-4-6-10-18(16)23-19/h3-18H,1-2H3;2*4-13H,1-3H3;3-12,14H,13H2,1-2H3;3-13H,1-2H3. The maximum absolute atomic E-state index is 2.52. The van der Waals surface area contributed by atoms with Crippen molar-refractivity contribution in [1.82, 2.24) is 27.4 Å². The Morgan fingerprint density at radius 3 is 1.23 bits per heavy atom. The smallest absolute Gasteiger partial charge is 0.0677 e. The molecule has 0 aliphatic heterocycles. The minimum atomic E-state index is 0.0335. The van der Waals surface area contributed by atoms with Gasteiger partial charge in [0.05, 0.1) is 37.8 Å². The van der Waals surface area contributed by atoms with Gasteiger partial charge in [0.1, 0.15) is 0 Å². The Balaban J connectivity index is 0.0000000919. The lowest BCUT2D eigenvalue weighted by atomic mass is 9.99. The van der Waals surface area contributed by atoms with E-state index in [1.54, 1.807) is 0 Å². The van der Waals surface area contributed by atoms with Crippen molar-refractivity contribution in [3.63, 3.8) is 0 Å². The molecule has 0 saturated carbocycles. The highest BCUT2D eigenvalue weighted by Gasteiger charge is 2.29. The molecule has 25 aromatic rings. The summed E-state index contributed by atoms with van der Waals surface area (Å²) in [6.45, 7) is 27.4. The van der Waals surface area contributed by atoms with Gasteiger partial charge >= 0.3 is 0 Å². The third-order valence-electron chi connectivity index (χ3n) is 25.6. The number of hydrogen-bond acceptors (Lipinski definition) is 3. The molecule has 1 aliphatic carbocycles. The van der Waals surface area contributed by atoms with Crippen LogP contribution in [0.3, 0.4) is 0 Å². The van der Waals surface area contributed by atoms with Crippen LogP contribution < -0.4 is 0 Å². The van der Waals surface area contributed by atoms with Crippen molar-refractivity contribution in [2.75, 3.05) is 0 Å². The van der Waals surface area contributed by atoms with Crippen LogP contribution in [-0.4, -0.2) is 27.4 Å². The zero-order chi connectivity index (χ0) is 83.6. The van der Waals surface area contributed by atoms with Gasteiger partial charge in [-0.25, -0.2) is 0 Å². The van der Waals surface area contributed by atoms with E-state index in [1.165, 1.54) is 219 Å². The fourth-order valence-electron chi connectivity index (χ4n) is 20.9. The summed E-state index contributed by atoms with van der Waals surface area (Å²) in [5.74, 6) is 0. The molecule has 6 nitrogen and oxygen atoms in total. The van der Waals surface area contributed by atoms with Crippen LogP contribution in [0.4, 0.5) is 0 Å². The number of hydrogen-bond donors (Lipinski definition) is 0. The number of nitrogens with zero attached hydrogens (tertiary/aromatic N) is 6. The van der Waals surface area contributed by atoms with Crippen molar-refractivity contribution in [2.45, 2.75) is 119 Å². The molecule has 0 fully saturated rings. The van der Waals surface area contributed by atoms with E-state index in [1.807, 2.05) is 34.0 Å². The fraction of sp³-hybridized carbons (Fsp3) is 0.158. The summed E-state index contributed by atoms with van der Waals surface area (Å²) < 4.78 is 23.2. The van der Waals surface area contributed by atoms with Crippen LogP contribution in [0.15, 0.2) is 334 Å². The van der Waals surface area contributed by atoms with Gasteiger partial charge in [0, 0.05) is 188 Å². The Bertz CT molecular complexity index is 8540. The van der Waals surface area contributed by atoms with Gasteiger partial charge in [-0.3, -0.25) is 0 Å². The minimum absolute atomic E-state index is 0.0335. The molecule has 9 heteroatoms. The summed E-state index contributed by atoms with van der Waals surface area (Å²) >= 11 is 5.73. The van der Waals surface area contributed by atoms with Gasteiger partial charge in [-0.1, -0.05) is 243 Å². The predicted octanol–water partition coefficient (Wildman–Crippen LogP) is 34.0. The van der Waals surface area contributed by atoms with Crippen LogP contribution in [0, 0.1) is 0 Å². The van der Waals surface area contributed by atoms with E-state index in [9.17, 15) is 0 Å². The van der Waals surface area contributed by atoms with Crippen molar-refractivity contribution >= 4 is 225 Å². The van der Waals surface area contributed by atoms with Gasteiger partial charge in [0.2, 0.25) is 0 Å². The summed E-state index contributed by atoms with van der Waals surface area (Å²) in [4.78, 5) is 0. The topological polar surface area (TPSA) is 29.6 Å². The van der Waals surface area contributed by atoms with Crippen molar-refractivity contribution in [1.29, 1.82) is 0 Å². The van der Waals surface area contributed by atoms with E-state index in [0.29, 0.717) is 18.1 Å². The number of benzene rings is 16. The molecule has 0 N–H and O–H groups in total. The second kappa shape index (κ2) is 29.4. The summed E-state index contributed by atoms with van der Waals surface area (Å²) in [7, 11) is 0. The van der Waals surface area contributed by atoms with Gasteiger partial charge in [-0.15, -0.1) is 34.0 Å². The number of thiophene rings is 3. The third kappa shape index (κ3) is 12.0. The van der Waals surface area contributed by atoms with E-state index in [2.05, 4.69) is 444 Å². The second-order valence-corrected chi connectivity index (χ2v) is 39.4.